The van der Waals surface area contributed by atoms with Crippen LogP contribution in [-0.4, -0.2) is 6.71 Å². The molecular weight excluding hydrogens is 1010 g/mol. The number of hydrogen-bond acceptors (Lipinski definition) is 4. The van der Waals surface area contributed by atoms with Crippen LogP contribution in [0.4, 0.5) is 28.4 Å². The molecule has 14 rings (SSSR count). The van der Waals surface area contributed by atoms with E-state index in [2.05, 4.69) is 231 Å². The van der Waals surface area contributed by atoms with Crippen molar-refractivity contribution >= 4 is 90.2 Å². The van der Waals surface area contributed by atoms with Gasteiger partial charge < -0.3 is 14.2 Å². The number of furan rings is 1. The third kappa shape index (κ3) is 7.98. The maximum atomic E-state index is 7.96. The Hall–Kier alpha value is -5.52. The van der Waals surface area contributed by atoms with Crippen molar-refractivity contribution in [3.63, 3.8) is 0 Å². The molecule has 3 nitrogen and oxygen atoms in total. The van der Waals surface area contributed by atoms with Crippen LogP contribution in [0.2, 0.25) is 0 Å². The average molecular weight is 1100 g/mol. The molecule has 0 bridgehead atoms. The number of aryl methyl sites for hydroxylation is 1. The lowest BCUT2D eigenvalue weighted by Crippen LogP contribution is -2.61. The molecule has 0 N–H and O–H groups in total. The molecule has 7 aliphatic rings. The lowest BCUT2D eigenvalue weighted by atomic mass is 9.35. The van der Waals surface area contributed by atoms with E-state index in [0.29, 0.717) is 29.6 Å². The maximum Gasteiger partial charge on any atom is 0.297 e. The highest BCUT2D eigenvalue weighted by atomic mass is 32.1. The zero-order chi connectivity index (χ0) is 57.7. The Morgan fingerprint density at radius 3 is 2.17 bits per heavy atom. The molecule has 82 heavy (non-hydrogen) atoms. The third-order valence-electron chi connectivity index (χ3n) is 23.3. The number of nitrogens with zero attached hydrogens (tertiary/aromatic N) is 2. The lowest BCUT2D eigenvalue weighted by molar-refractivity contribution is 0.0327. The molecule has 5 aromatic carbocycles. The molecule has 424 valence electrons. The molecule has 1 fully saturated rings. The lowest BCUT2D eigenvalue weighted by Gasteiger charge is -2.52. The first-order valence-corrected chi connectivity index (χ1v) is 32.9. The van der Waals surface area contributed by atoms with Crippen molar-refractivity contribution in [3.8, 4) is 11.1 Å². The molecular formula is C77H91BN2OS. The number of thiophene rings is 1. The van der Waals surface area contributed by atoms with Gasteiger partial charge in [-0.15, -0.1) is 11.3 Å². The Morgan fingerprint density at radius 2 is 1.44 bits per heavy atom. The summed E-state index contributed by atoms with van der Waals surface area (Å²) in [5, 5.41) is 2.67. The van der Waals surface area contributed by atoms with Gasteiger partial charge in [0.2, 0.25) is 0 Å². The Bertz CT molecular complexity index is 3930. The standard InChI is InChI=1S/C77H91BN2OS/c1-18-72(6,7)57-42-61-62(41-52(57)44(2)3)79(48-26-28-55-59(38-48)76(14,15)34-32-74(55,10)11)63-36-47(50-23-21-25-67-68(50)51-22-19-20-24-66(51)82-67)37-64-69(63)78(61)71-70(80(64)49-27-29-56-60(39-49)77(16,17)35-33-75(56,12)13)54-40-53-46(5)45(4)30-31-73(8,9)58(53)43-65(54)81-71/h20-21,23-29,36-46,55,59H,18-19,22,30-35H2,1-17H3. The largest absolute Gasteiger partial charge is 0.468 e. The summed E-state index contributed by atoms with van der Waals surface area (Å²) in [4.78, 5) is 6.93. The molecule has 4 unspecified atom stereocenters. The van der Waals surface area contributed by atoms with Gasteiger partial charge in [0.25, 0.3) is 6.71 Å². The van der Waals surface area contributed by atoms with Crippen molar-refractivity contribution in [1.29, 1.82) is 0 Å². The monoisotopic (exact) mass is 1100 g/mol. The molecule has 2 aliphatic heterocycles. The quantitative estimate of drug-likeness (QED) is 0.122. The molecule has 5 heteroatoms. The molecule has 0 radical (unpaired) electrons. The molecule has 0 saturated heterocycles. The minimum absolute atomic E-state index is 0.0171. The van der Waals surface area contributed by atoms with Gasteiger partial charge in [-0.05, 0) is 242 Å². The van der Waals surface area contributed by atoms with E-state index in [-0.39, 0.29) is 39.2 Å². The smallest absolute Gasteiger partial charge is 0.297 e. The Kier molecular flexibility index (Phi) is 12.1. The van der Waals surface area contributed by atoms with E-state index in [4.69, 9.17) is 4.42 Å². The van der Waals surface area contributed by atoms with Gasteiger partial charge in [-0.2, -0.15) is 0 Å². The molecule has 4 atom stereocenters. The predicted octanol–water partition coefficient (Wildman–Crippen LogP) is 20.5. The fourth-order valence-electron chi connectivity index (χ4n) is 17.0. The second kappa shape index (κ2) is 18.2. The average Bonchev–Trinajstić information content (AvgIpc) is 1.42. The van der Waals surface area contributed by atoms with Gasteiger partial charge in [-0.25, -0.2) is 0 Å². The molecule has 7 aromatic rings. The summed E-state index contributed by atoms with van der Waals surface area (Å²) in [6.07, 6.45) is 23.1. The van der Waals surface area contributed by atoms with E-state index < -0.39 is 0 Å². The van der Waals surface area contributed by atoms with Gasteiger partial charge in [-0.3, -0.25) is 0 Å². The number of allylic oxidation sites excluding steroid dienone is 4. The van der Waals surface area contributed by atoms with Gasteiger partial charge >= 0.3 is 0 Å². The van der Waals surface area contributed by atoms with Gasteiger partial charge in [-0.1, -0.05) is 160 Å². The van der Waals surface area contributed by atoms with E-state index in [0.717, 1.165) is 36.9 Å². The van der Waals surface area contributed by atoms with Crippen molar-refractivity contribution in [2.24, 2.45) is 28.6 Å². The van der Waals surface area contributed by atoms with Crippen LogP contribution in [0, 0.1) is 28.6 Å². The summed E-state index contributed by atoms with van der Waals surface area (Å²) < 4.78 is 9.34. The first-order chi connectivity index (χ1) is 38.7. The second-order valence-corrected chi connectivity index (χ2v) is 32.5. The normalized spacial score (nSPS) is 24.1. The summed E-state index contributed by atoms with van der Waals surface area (Å²) in [6.45, 7) is 42.1. The van der Waals surface area contributed by atoms with Crippen LogP contribution < -0.4 is 26.4 Å². The zero-order valence-corrected chi connectivity index (χ0v) is 53.7. The fourth-order valence-corrected chi connectivity index (χ4v) is 18.3. The van der Waals surface area contributed by atoms with Crippen molar-refractivity contribution < 1.29 is 4.42 Å². The number of rotatable bonds is 6. The number of benzene rings is 5. The maximum absolute atomic E-state index is 7.96. The first-order valence-electron chi connectivity index (χ1n) is 32.0. The summed E-state index contributed by atoms with van der Waals surface area (Å²) in [5.41, 5.74) is 25.8. The highest BCUT2D eigenvalue weighted by Gasteiger charge is 2.52. The van der Waals surface area contributed by atoms with Crippen molar-refractivity contribution in [2.75, 3.05) is 9.80 Å². The molecule has 2 aromatic heterocycles. The Balaban J connectivity index is 1.15. The Labute approximate surface area is 496 Å². The van der Waals surface area contributed by atoms with Crippen LogP contribution in [-0.2, 0) is 28.1 Å². The fraction of sp³-hybridized carbons (Fsp3) is 0.481. The van der Waals surface area contributed by atoms with Crippen LogP contribution in [0.5, 0.6) is 0 Å². The minimum Gasteiger partial charge on any atom is -0.468 e. The van der Waals surface area contributed by atoms with E-state index in [1.54, 1.807) is 0 Å². The van der Waals surface area contributed by atoms with Gasteiger partial charge in [0.05, 0.1) is 11.3 Å². The highest BCUT2D eigenvalue weighted by Crippen LogP contribution is 2.58. The van der Waals surface area contributed by atoms with Gasteiger partial charge in [0.1, 0.15) is 5.58 Å². The number of hydrogen-bond donors (Lipinski definition) is 0. The topological polar surface area (TPSA) is 19.6 Å². The summed E-state index contributed by atoms with van der Waals surface area (Å²) in [6, 6.07) is 30.6. The highest BCUT2D eigenvalue weighted by molar-refractivity contribution is 7.20. The van der Waals surface area contributed by atoms with E-state index in [1.807, 2.05) is 11.3 Å². The molecule has 5 aliphatic carbocycles. The predicted molar refractivity (Wildman–Crippen MR) is 356 cm³/mol. The number of anilines is 5. The minimum atomic E-state index is -0.158. The van der Waals surface area contributed by atoms with Gasteiger partial charge in [0.15, 0.2) is 0 Å². The second-order valence-electron chi connectivity index (χ2n) is 31.4. The van der Waals surface area contributed by atoms with E-state index in [1.165, 1.54) is 148 Å². The van der Waals surface area contributed by atoms with Crippen molar-refractivity contribution in [1.82, 2.24) is 0 Å². The van der Waals surface area contributed by atoms with Crippen molar-refractivity contribution in [3.05, 3.63) is 147 Å². The zero-order valence-electron chi connectivity index (χ0n) is 52.9. The third-order valence-corrected chi connectivity index (χ3v) is 24.5. The molecule has 0 amide bonds. The van der Waals surface area contributed by atoms with E-state index >= 15 is 0 Å². The number of fused-ring (bicyclic) bond motifs is 12. The SMILES string of the molecule is CCC(C)(C)c1cc2c(cc1C(C)C)N(C1=CC3C(C=C1)C(C)(C)CCC3(C)C)c1cc(-c3cccc4sc5c(c34)CCC=C5)cc3c1B2c1oc2cc4c(cc2c1N3c1ccc2c(c1)C(C)(C)CCC2(C)C)C(C)C(C)CCC4(C)C. The van der Waals surface area contributed by atoms with Crippen LogP contribution in [0.25, 0.3) is 38.3 Å². The van der Waals surface area contributed by atoms with E-state index in [9.17, 15) is 0 Å². The van der Waals surface area contributed by atoms with Crippen LogP contribution >= 0.6 is 11.3 Å². The Morgan fingerprint density at radius 1 is 0.732 bits per heavy atom. The van der Waals surface area contributed by atoms with Crippen molar-refractivity contribution in [2.45, 2.75) is 209 Å². The van der Waals surface area contributed by atoms with Crippen LogP contribution in [0.15, 0.2) is 107 Å². The summed E-state index contributed by atoms with van der Waals surface area (Å²) >= 11 is 1.97. The first kappa shape index (κ1) is 54.4. The summed E-state index contributed by atoms with van der Waals surface area (Å²) in [5.74, 6) is 2.18. The summed E-state index contributed by atoms with van der Waals surface area (Å²) in [7, 11) is 0. The molecule has 1 saturated carbocycles. The molecule has 0 spiro atoms. The molecule has 4 heterocycles. The van der Waals surface area contributed by atoms with Gasteiger partial charge in [0, 0.05) is 48.8 Å². The van der Waals surface area contributed by atoms with Crippen LogP contribution in [0.1, 0.15) is 225 Å². The van der Waals surface area contributed by atoms with Crippen LogP contribution in [0.3, 0.4) is 0 Å².